The Morgan fingerprint density at radius 2 is 1.74 bits per heavy atom. The molecule has 2 aromatic carbocycles. The standard InChI is InChI=1S/C20H16FN3O2S/c1-13-6-8-14(9-7-13)17(25)12-27-19-11-10-18(23-24-19)22-20(26)15-4-2-3-5-16(15)21/h2-11H,12H2,1H3,(H,22,23,26). The van der Waals surface area contributed by atoms with Crippen molar-refractivity contribution < 1.29 is 14.0 Å². The zero-order chi connectivity index (χ0) is 19.2. The molecule has 0 aliphatic rings. The molecule has 1 amide bonds. The summed E-state index contributed by atoms with van der Waals surface area (Å²) in [5.41, 5.74) is 1.68. The van der Waals surface area contributed by atoms with Crippen molar-refractivity contribution >= 4 is 29.3 Å². The minimum absolute atomic E-state index is 0.00117. The van der Waals surface area contributed by atoms with Crippen LogP contribution in [0.5, 0.6) is 0 Å². The van der Waals surface area contributed by atoms with Crippen LogP contribution in [0.1, 0.15) is 26.3 Å². The van der Waals surface area contributed by atoms with Crippen molar-refractivity contribution in [2.75, 3.05) is 11.1 Å². The molecular weight excluding hydrogens is 365 g/mol. The third-order valence-corrected chi connectivity index (χ3v) is 4.64. The Hall–Kier alpha value is -3.06. The number of rotatable bonds is 6. The summed E-state index contributed by atoms with van der Waals surface area (Å²) in [7, 11) is 0. The molecule has 1 aromatic heterocycles. The minimum atomic E-state index is -0.607. The molecule has 0 bridgehead atoms. The summed E-state index contributed by atoms with van der Waals surface area (Å²) in [5, 5.41) is 10.9. The van der Waals surface area contributed by atoms with E-state index in [0.717, 1.165) is 5.56 Å². The highest BCUT2D eigenvalue weighted by atomic mass is 32.2. The highest BCUT2D eigenvalue weighted by Gasteiger charge is 2.12. The molecule has 27 heavy (non-hydrogen) atoms. The first-order chi connectivity index (χ1) is 13.0. The second kappa shape index (κ2) is 8.55. The van der Waals surface area contributed by atoms with Gasteiger partial charge in [-0.25, -0.2) is 4.39 Å². The molecule has 1 heterocycles. The molecule has 0 radical (unpaired) electrons. The van der Waals surface area contributed by atoms with Crippen LogP contribution in [0.3, 0.4) is 0 Å². The van der Waals surface area contributed by atoms with Crippen molar-refractivity contribution in [1.29, 1.82) is 0 Å². The summed E-state index contributed by atoms with van der Waals surface area (Å²) in [6.45, 7) is 1.96. The first kappa shape index (κ1) is 18.7. The van der Waals surface area contributed by atoms with Gasteiger partial charge in [0.15, 0.2) is 11.6 Å². The van der Waals surface area contributed by atoms with Gasteiger partial charge in [-0.15, -0.1) is 10.2 Å². The molecule has 0 atom stereocenters. The number of halogens is 1. The Morgan fingerprint density at radius 1 is 1.00 bits per heavy atom. The number of nitrogens with zero attached hydrogens (tertiary/aromatic N) is 2. The van der Waals surface area contributed by atoms with Crippen LogP contribution in [-0.4, -0.2) is 27.6 Å². The molecular formula is C20H16FN3O2S. The lowest BCUT2D eigenvalue weighted by Crippen LogP contribution is -2.15. The predicted molar refractivity (Wildman–Crippen MR) is 103 cm³/mol. The lowest BCUT2D eigenvalue weighted by molar-refractivity contribution is 0.101. The zero-order valence-electron chi connectivity index (χ0n) is 14.5. The Balaban J connectivity index is 1.57. The number of ketones is 1. The maximum atomic E-state index is 13.6. The van der Waals surface area contributed by atoms with Crippen molar-refractivity contribution in [3.63, 3.8) is 0 Å². The van der Waals surface area contributed by atoms with Gasteiger partial charge in [0.25, 0.3) is 5.91 Å². The van der Waals surface area contributed by atoms with Crippen LogP contribution in [0.2, 0.25) is 0 Å². The second-order valence-corrected chi connectivity index (χ2v) is 6.76. The average Bonchev–Trinajstić information content (AvgIpc) is 2.68. The van der Waals surface area contributed by atoms with Gasteiger partial charge in [-0.05, 0) is 31.2 Å². The number of hydrogen-bond donors (Lipinski definition) is 1. The van der Waals surface area contributed by atoms with Gasteiger partial charge in [0.1, 0.15) is 10.8 Å². The molecule has 0 fully saturated rings. The molecule has 0 aliphatic heterocycles. The smallest absolute Gasteiger partial charge is 0.259 e. The van der Waals surface area contributed by atoms with Crippen LogP contribution < -0.4 is 5.32 Å². The van der Waals surface area contributed by atoms with Gasteiger partial charge in [-0.2, -0.15) is 0 Å². The number of aromatic nitrogens is 2. The van der Waals surface area contributed by atoms with E-state index in [0.29, 0.717) is 10.6 Å². The molecule has 136 valence electrons. The Labute approximate surface area is 160 Å². The third kappa shape index (κ3) is 4.98. The molecule has 1 N–H and O–H groups in total. The van der Waals surface area contributed by atoms with Gasteiger partial charge in [0.2, 0.25) is 0 Å². The maximum Gasteiger partial charge on any atom is 0.259 e. The molecule has 3 aromatic rings. The fourth-order valence-electron chi connectivity index (χ4n) is 2.25. The van der Waals surface area contributed by atoms with Crippen LogP contribution >= 0.6 is 11.8 Å². The summed E-state index contributed by atoms with van der Waals surface area (Å²) in [5.74, 6) is -0.767. The van der Waals surface area contributed by atoms with Gasteiger partial charge >= 0.3 is 0 Å². The van der Waals surface area contributed by atoms with Crippen molar-refractivity contribution in [2.24, 2.45) is 0 Å². The number of hydrogen-bond acceptors (Lipinski definition) is 5. The molecule has 7 heteroatoms. The van der Waals surface area contributed by atoms with E-state index in [1.54, 1.807) is 30.3 Å². The number of aryl methyl sites for hydroxylation is 1. The number of Topliss-reactive ketones (excluding diaryl/α,β-unsaturated/α-hetero) is 1. The van der Waals surface area contributed by atoms with E-state index in [2.05, 4.69) is 15.5 Å². The molecule has 0 unspecified atom stereocenters. The van der Waals surface area contributed by atoms with Gasteiger partial charge in [0.05, 0.1) is 11.3 Å². The van der Waals surface area contributed by atoms with Crippen molar-refractivity contribution in [3.8, 4) is 0 Å². The number of benzene rings is 2. The summed E-state index contributed by atoms with van der Waals surface area (Å²) in [6, 6.07) is 16.3. The van der Waals surface area contributed by atoms with Crippen LogP contribution in [0.25, 0.3) is 0 Å². The quantitative estimate of drug-likeness (QED) is 0.513. The maximum absolute atomic E-state index is 13.6. The van der Waals surface area contributed by atoms with Gasteiger partial charge in [-0.1, -0.05) is 53.7 Å². The largest absolute Gasteiger partial charge is 0.305 e. The topological polar surface area (TPSA) is 72.0 Å². The van der Waals surface area contributed by atoms with Gasteiger partial charge < -0.3 is 5.32 Å². The van der Waals surface area contributed by atoms with E-state index < -0.39 is 11.7 Å². The summed E-state index contributed by atoms with van der Waals surface area (Å²) in [6.07, 6.45) is 0. The average molecular weight is 381 g/mol. The highest BCUT2D eigenvalue weighted by molar-refractivity contribution is 7.99. The Morgan fingerprint density at radius 3 is 2.41 bits per heavy atom. The number of anilines is 1. The van der Waals surface area contributed by atoms with Crippen LogP contribution in [0, 0.1) is 12.7 Å². The number of carbonyl (C=O) groups excluding carboxylic acids is 2. The van der Waals surface area contributed by atoms with Gasteiger partial charge in [0, 0.05) is 5.56 Å². The van der Waals surface area contributed by atoms with Crippen LogP contribution in [0.15, 0.2) is 65.7 Å². The molecule has 0 spiro atoms. The molecule has 0 aliphatic carbocycles. The van der Waals surface area contributed by atoms with E-state index in [9.17, 15) is 14.0 Å². The number of amides is 1. The first-order valence-electron chi connectivity index (χ1n) is 8.15. The van der Waals surface area contributed by atoms with E-state index in [1.807, 2.05) is 19.1 Å². The molecule has 5 nitrogen and oxygen atoms in total. The lowest BCUT2D eigenvalue weighted by atomic mass is 10.1. The predicted octanol–water partition coefficient (Wildman–Crippen LogP) is 4.15. The fourth-order valence-corrected chi connectivity index (χ4v) is 2.96. The van der Waals surface area contributed by atoms with E-state index >= 15 is 0 Å². The zero-order valence-corrected chi connectivity index (χ0v) is 15.3. The van der Waals surface area contributed by atoms with Crippen LogP contribution in [-0.2, 0) is 0 Å². The number of nitrogens with one attached hydrogen (secondary N) is 1. The van der Waals surface area contributed by atoms with Crippen molar-refractivity contribution in [2.45, 2.75) is 11.9 Å². The number of thioether (sulfide) groups is 1. The molecule has 0 saturated heterocycles. The molecule has 0 saturated carbocycles. The van der Waals surface area contributed by atoms with Crippen molar-refractivity contribution in [1.82, 2.24) is 10.2 Å². The monoisotopic (exact) mass is 381 g/mol. The Bertz CT molecular complexity index is 960. The summed E-state index contributed by atoms with van der Waals surface area (Å²) < 4.78 is 13.6. The molecule has 3 rings (SSSR count). The highest BCUT2D eigenvalue weighted by Crippen LogP contribution is 2.18. The summed E-state index contributed by atoms with van der Waals surface area (Å²) >= 11 is 1.26. The summed E-state index contributed by atoms with van der Waals surface area (Å²) in [4.78, 5) is 24.2. The van der Waals surface area contributed by atoms with Gasteiger partial charge in [-0.3, -0.25) is 9.59 Å². The third-order valence-electron chi connectivity index (χ3n) is 3.72. The normalized spacial score (nSPS) is 10.4. The second-order valence-electron chi connectivity index (χ2n) is 5.77. The number of carbonyl (C=O) groups is 2. The van der Waals surface area contributed by atoms with E-state index in [-0.39, 0.29) is 22.9 Å². The van der Waals surface area contributed by atoms with Crippen molar-refractivity contribution in [3.05, 3.63) is 83.2 Å². The lowest BCUT2D eigenvalue weighted by Gasteiger charge is -2.05. The SMILES string of the molecule is Cc1ccc(C(=O)CSc2ccc(NC(=O)c3ccccc3F)nn2)cc1. The fraction of sp³-hybridized carbons (Fsp3) is 0.100. The first-order valence-corrected chi connectivity index (χ1v) is 9.14. The van der Waals surface area contributed by atoms with E-state index in [4.69, 9.17) is 0 Å². The Kier molecular flexibility index (Phi) is 5.93. The van der Waals surface area contributed by atoms with Crippen LogP contribution in [0.4, 0.5) is 10.2 Å². The minimum Gasteiger partial charge on any atom is -0.305 e. The van der Waals surface area contributed by atoms with E-state index in [1.165, 1.54) is 30.0 Å².